The van der Waals surface area contributed by atoms with Gasteiger partial charge < -0.3 is 14.2 Å². The topological polar surface area (TPSA) is 107 Å². The smallest absolute Gasteiger partial charge is 0.413 e. The molecule has 1 aromatic carbocycles. The fourth-order valence-corrected chi connectivity index (χ4v) is 5.53. The number of rotatable bonds is 4. The standard InChI is InChI=1S/C17H19N3O6S2/c1-2-24-17(21)19-16-18-12-5-6-20(10-15(12)27-16)28(22,23)11-3-4-13-14(9-11)26-8-7-25-13/h3-4,9H,2,5-8,10H2,1H3,(H,18,19,21). The van der Waals surface area contributed by atoms with Crippen molar-refractivity contribution in [3.05, 3.63) is 28.8 Å². The third-order valence-corrected chi connectivity index (χ3v) is 7.17. The first-order valence-corrected chi connectivity index (χ1v) is 11.0. The quantitative estimate of drug-likeness (QED) is 0.800. The van der Waals surface area contributed by atoms with Crippen LogP contribution in [0, 0.1) is 0 Å². The molecule has 9 nitrogen and oxygen atoms in total. The number of aromatic nitrogens is 1. The molecule has 0 fully saturated rings. The zero-order valence-corrected chi connectivity index (χ0v) is 16.8. The number of hydrogen-bond donors (Lipinski definition) is 1. The van der Waals surface area contributed by atoms with E-state index in [-0.39, 0.29) is 18.0 Å². The zero-order chi connectivity index (χ0) is 19.7. The van der Waals surface area contributed by atoms with E-state index in [1.807, 2.05) is 0 Å². The monoisotopic (exact) mass is 425 g/mol. The first kappa shape index (κ1) is 19.0. The lowest BCUT2D eigenvalue weighted by atomic mass is 10.2. The molecule has 0 spiro atoms. The van der Waals surface area contributed by atoms with Gasteiger partial charge >= 0.3 is 6.09 Å². The Hall–Kier alpha value is -2.37. The number of nitrogens with zero attached hydrogens (tertiary/aromatic N) is 2. The maximum absolute atomic E-state index is 13.1. The number of nitrogens with one attached hydrogen (secondary N) is 1. The van der Waals surface area contributed by atoms with Crippen molar-refractivity contribution in [2.75, 3.05) is 31.7 Å². The lowest BCUT2D eigenvalue weighted by molar-refractivity contribution is 0.168. The summed E-state index contributed by atoms with van der Waals surface area (Å²) in [6, 6.07) is 4.64. The molecule has 1 aromatic heterocycles. The number of sulfonamides is 1. The summed E-state index contributed by atoms with van der Waals surface area (Å²) in [5, 5.41) is 2.97. The molecule has 0 saturated heterocycles. The van der Waals surface area contributed by atoms with E-state index in [9.17, 15) is 13.2 Å². The summed E-state index contributed by atoms with van der Waals surface area (Å²) in [6.45, 7) is 3.33. The lowest BCUT2D eigenvalue weighted by Gasteiger charge is -2.26. The molecule has 11 heteroatoms. The van der Waals surface area contributed by atoms with Gasteiger partial charge in [-0.05, 0) is 19.1 Å². The van der Waals surface area contributed by atoms with Gasteiger partial charge in [0.1, 0.15) is 13.2 Å². The molecule has 0 aliphatic carbocycles. The third-order valence-electron chi connectivity index (χ3n) is 4.33. The number of ether oxygens (including phenoxy) is 3. The van der Waals surface area contributed by atoms with Crippen LogP contribution in [0.25, 0.3) is 0 Å². The summed E-state index contributed by atoms with van der Waals surface area (Å²) in [6.07, 6.45) is -0.102. The van der Waals surface area contributed by atoms with Crippen molar-refractivity contribution in [3.63, 3.8) is 0 Å². The van der Waals surface area contributed by atoms with E-state index < -0.39 is 16.1 Å². The highest BCUT2D eigenvalue weighted by Crippen LogP contribution is 2.35. The number of anilines is 1. The number of carbonyl (C=O) groups is 1. The van der Waals surface area contributed by atoms with Gasteiger partial charge in [-0.1, -0.05) is 11.3 Å². The van der Waals surface area contributed by atoms with Crippen LogP contribution in [0.5, 0.6) is 11.5 Å². The van der Waals surface area contributed by atoms with Crippen LogP contribution in [0.3, 0.4) is 0 Å². The van der Waals surface area contributed by atoms with Gasteiger partial charge in [0.15, 0.2) is 16.6 Å². The second-order valence-corrected chi connectivity index (χ2v) is 9.15. The Morgan fingerprint density at radius 3 is 2.89 bits per heavy atom. The third kappa shape index (κ3) is 3.64. The fraction of sp³-hybridized carbons (Fsp3) is 0.412. The minimum absolute atomic E-state index is 0.162. The summed E-state index contributed by atoms with van der Waals surface area (Å²) < 4.78 is 43.4. The van der Waals surface area contributed by atoms with E-state index in [2.05, 4.69) is 10.3 Å². The Kier molecular flexibility index (Phi) is 5.13. The summed E-state index contributed by atoms with van der Waals surface area (Å²) in [5.74, 6) is 0.979. The SMILES string of the molecule is CCOC(=O)Nc1nc2c(s1)CN(S(=O)(=O)c1ccc3c(c1)OCCO3)CC2. The Morgan fingerprint density at radius 1 is 1.32 bits per heavy atom. The van der Waals surface area contributed by atoms with Crippen LogP contribution in [-0.2, 0) is 27.7 Å². The minimum atomic E-state index is -3.70. The number of benzene rings is 1. The lowest BCUT2D eigenvalue weighted by Crippen LogP contribution is -2.35. The van der Waals surface area contributed by atoms with Crippen molar-refractivity contribution >= 4 is 32.6 Å². The van der Waals surface area contributed by atoms with Crippen LogP contribution in [0.15, 0.2) is 23.1 Å². The first-order chi connectivity index (χ1) is 13.5. The molecule has 150 valence electrons. The molecule has 4 rings (SSSR count). The molecule has 2 aliphatic rings. The molecule has 0 atom stereocenters. The number of carbonyl (C=O) groups excluding carboxylic acids is 1. The highest BCUT2D eigenvalue weighted by molar-refractivity contribution is 7.89. The first-order valence-electron chi connectivity index (χ1n) is 8.79. The maximum Gasteiger partial charge on any atom is 0.413 e. The summed E-state index contributed by atoms with van der Waals surface area (Å²) >= 11 is 1.25. The normalized spacial score (nSPS) is 16.3. The Morgan fingerprint density at radius 2 is 2.11 bits per heavy atom. The van der Waals surface area contributed by atoms with Gasteiger partial charge in [0.25, 0.3) is 0 Å². The van der Waals surface area contributed by atoms with E-state index in [1.165, 1.54) is 27.8 Å². The molecule has 1 N–H and O–H groups in total. The van der Waals surface area contributed by atoms with Crippen LogP contribution in [0.1, 0.15) is 17.5 Å². The van der Waals surface area contributed by atoms with Crippen molar-refractivity contribution < 1.29 is 27.4 Å². The van der Waals surface area contributed by atoms with Gasteiger partial charge in [-0.15, -0.1) is 0 Å². The van der Waals surface area contributed by atoms with Gasteiger partial charge in [0.2, 0.25) is 10.0 Å². The van der Waals surface area contributed by atoms with E-state index in [1.54, 1.807) is 13.0 Å². The molecule has 2 aromatic rings. The van der Waals surface area contributed by atoms with Crippen molar-refractivity contribution in [2.45, 2.75) is 24.8 Å². The molecule has 0 saturated carbocycles. The predicted molar refractivity (Wildman–Crippen MR) is 101 cm³/mol. The molecule has 0 bridgehead atoms. The number of hydrogen-bond acceptors (Lipinski definition) is 8. The second kappa shape index (κ2) is 7.57. The van der Waals surface area contributed by atoms with Gasteiger partial charge in [0, 0.05) is 23.9 Å². The molecule has 0 unspecified atom stereocenters. The molecule has 28 heavy (non-hydrogen) atoms. The maximum atomic E-state index is 13.1. The van der Waals surface area contributed by atoms with E-state index in [0.717, 1.165) is 10.6 Å². The second-order valence-electron chi connectivity index (χ2n) is 6.13. The molecule has 1 amide bonds. The molecule has 0 radical (unpaired) electrons. The summed E-state index contributed by atoms with van der Waals surface area (Å²) in [4.78, 5) is 16.9. The van der Waals surface area contributed by atoms with E-state index in [0.29, 0.717) is 42.8 Å². The van der Waals surface area contributed by atoms with Crippen molar-refractivity contribution in [3.8, 4) is 11.5 Å². The fourth-order valence-electron chi connectivity index (χ4n) is 3.02. The van der Waals surface area contributed by atoms with Crippen LogP contribution < -0.4 is 14.8 Å². The largest absolute Gasteiger partial charge is 0.486 e. The molecule has 2 aliphatic heterocycles. The minimum Gasteiger partial charge on any atom is -0.486 e. The van der Waals surface area contributed by atoms with Crippen molar-refractivity contribution in [1.82, 2.24) is 9.29 Å². The van der Waals surface area contributed by atoms with Crippen LogP contribution in [-0.4, -0.2) is 50.2 Å². The predicted octanol–water partition coefficient (Wildman–Crippen LogP) is 2.23. The van der Waals surface area contributed by atoms with Gasteiger partial charge in [-0.2, -0.15) is 4.31 Å². The Bertz CT molecular complexity index is 1000. The number of thiazole rings is 1. The molecule has 3 heterocycles. The van der Waals surface area contributed by atoms with Crippen LogP contribution in [0.4, 0.5) is 9.93 Å². The highest BCUT2D eigenvalue weighted by Gasteiger charge is 2.31. The zero-order valence-electron chi connectivity index (χ0n) is 15.1. The number of fused-ring (bicyclic) bond motifs is 2. The van der Waals surface area contributed by atoms with Gasteiger partial charge in [-0.3, -0.25) is 5.32 Å². The summed E-state index contributed by atoms with van der Waals surface area (Å²) in [5.41, 5.74) is 0.797. The van der Waals surface area contributed by atoms with Gasteiger partial charge in [-0.25, -0.2) is 18.2 Å². The molecular formula is C17H19N3O6S2. The average molecular weight is 425 g/mol. The highest BCUT2D eigenvalue weighted by atomic mass is 32.2. The van der Waals surface area contributed by atoms with E-state index >= 15 is 0 Å². The van der Waals surface area contributed by atoms with E-state index in [4.69, 9.17) is 14.2 Å². The van der Waals surface area contributed by atoms with Crippen LogP contribution >= 0.6 is 11.3 Å². The Balaban J connectivity index is 1.53. The van der Waals surface area contributed by atoms with Crippen molar-refractivity contribution in [2.24, 2.45) is 0 Å². The number of amides is 1. The van der Waals surface area contributed by atoms with Crippen LogP contribution in [0.2, 0.25) is 0 Å². The average Bonchev–Trinajstić information content (AvgIpc) is 3.09. The summed E-state index contributed by atoms with van der Waals surface area (Å²) in [7, 11) is -3.70. The van der Waals surface area contributed by atoms with Gasteiger partial charge in [0.05, 0.1) is 23.7 Å². The molecular weight excluding hydrogens is 406 g/mol. The van der Waals surface area contributed by atoms with Crippen molar-refractivity contribution in [1.29, 1.82) is 0 Å². The Labute approximate surface area is 166 Å².